The molecule has 4 N–H and O–H groups in total. The number of anilines is 4. The second kappa shape index (κ2) is 15.1. The zero-order chi connectivity index (χ0) is 37.2. The van der Waals surface area contributed by atoms with E-state index in [0.29, 0.717) is 55.0 Å². The van der Waals surface area contributed by atoms with E-state index in [2.05, 4.69) is 46.7 Å². The van der Waals surface area contributed by atoms with Gasteiger partial charge in [0, 0.05) is 67.7 Å². The van der Waals surface area contributed by atoms with Crippen LogP contribution in [0.5, 0.6) is 11.5 Å². The molecule has 0 spiro atoms. The van der Waals surface area contributed by atoms with Gasteiger partial charge in [0.15, 0.2) is 0 Å². The second-order valence-corrected chi connectivity index (χ2v) is 14.5. The minimum absolute atomic E-state index is 0.232. The van der Waals surface area contributed by atoms with E-state index in [9.17, 15) is 14.4 Å². The van der Waals surface area contributed by atoms with Crippen LogP contribution in [0.4, 0.5) is 27.7 Å². The predicted octanol–water partition coefficient (Wildman–Crippen LogP) is 6.94. The minimum atomic E-state index is -0.545. The van der Waals surface area contributed by atoms with E-state index in [-0.39, 0.29) is 11.9 Å². The summed E-state index contributed by atoms with van der Waals surface area (Å²) in [6.45, 7) is 5.67. The van der Waals surface area contributed by atoms with Gasteiger partial charge in [0.05, 0.1) is 6.61 Å². The Hall–Kier alpha value is -6.04. The number of aryl methyl sites for hydroxylation is 2. The van der Waals surface area contributed by atoms with Crippen molar-refractivity contribution in [3.63, 3.8) is 0 Å². The number of ether oxygens (including phenoxy) is 2. The molecule has 54 heavy (non-hydrogen) atoms. The standard InChI is InChI=1S/C42H45N7O5/c1-27-3-2-4-35(25-27)54-33-12-6-30(7-13-33)39-38(40(43)51)41-44-36-26-34(14-5-29(36)17-23-49(41)46-39)53-24-19-28-15-20-47(21-16-28)31-8-10-32(11-9-31)48-22-18-37(50)45-42(48)52/h2-14,26-28,44H,15-25H2,1H3,(H2,43,51)(H,45,50,52). The Morgan fingerprint density at radius 2 is 1.67 bits per heavy atom. The maximum Gasteiger partial charge on any atom is 0.328 e. The highest BCUT2D eigenvalue weighted by molar-refractivity contribution is 6.06. The number of allylic oxidation sites excluding steroid dienone is 4. The third-order valence-electron chi connectivity index (χ3n) is 10.7. The smallest absolute Gasteiger partial charge is 0.328 e. The lowest BCUT2D eigenvalue weighted by Crippen LogP contribution is -2.49. The summed E-state index contributed by atoms with van der Waals surface area (Å²) in [7, 11) is 0. The molecular formula is C42H45N7O5. The number of imide groups is 1. The van der Waals surface area contributed by atoms with Gasteiger partial charge >= 0.3 is 6.03 Å². The molecule has 4 aliphatic rings. The molecule has 2 saturated heterocycles. The number of hydrogen-bond donors (Lipinski definition) is 3. The molecule has 3 aliphatic heterocycles. The van der Waals surface area contributed by atoms with E-state index in [1.165, 1.54) is 0 Å². The number of piperidine rings is 1. The molecule has 0 radical (unpaired) electrons. The van der Waals surface area contributed by atoms with Gasteiger partial charge in [-0.3, -0.25) is 19.8 Å². The Morgan fingerprint density at radius 3 is 2.41 bits per heavy atom. The zero-order valence-electron chi connectivity index (χ0n) is 30.4. The Labute approximate surface area is 314 Å². The van der Waals surface area contributed by atoms with E-state index in [1.54, 1.807) is 4.90 Å². The van der Waals surface area contributed by atoms with E-state index >= 15 is 0 Å². The first kappa shape index (κ1) is 35.0. The van der Waals surface area contributed by atoms with Crippen LogP contribution in [-0.2, 0) is 17.8 Å². The number of amides is 4. The molecule has 12 nitrogen and oxygen atoms in total. The van der Waals surface area contributed by atoms with Gasteiger partial charge in [-0.15, -0.1) is 0 Å². The molecule has 1 unspecified atom stereocenters. The lowest BCUT2D eigenvalue weighted by Gasteiger charge is -2.34. The fourth-order valence-electron chi connectivity index (χ4n) is 7.71. The molecule has 1 aromatic heterocycles. The predicted molar refractivity (Wildman–Crippen MR) is 208 cm³/mol. The second-order valence-electron chi connectivity index (χ2n) is 14.5. The van der Waals surface area contributed by atoms with Crippen LogP contribution in [0.1, 0.15) is 54.9 Å². The number of carbonyl (C=O) groups excluding carboxylic acids is 3. The summed E-state index contributed by atoms with van der Waals surface area (Å²) < 4.78 is 14.2. The highest BCUT2D eigenvalue weighted by atomic mass is 16.5. The van der Waals surface area contributed by atoms with E-state index in [0.717, 1.165) is 90.6 Å². The number of nitrogens with zero attached hydrogens (tertiary/aromatic N) is 4. The van der Waals surface area contributed by atoms with Crippen molar-refractivity contribution in [3.8, 4) is 22.8 Å². The summed E-state index contributed by atoms with van der Waals surface area (Å²) in [6, 6.07) is 21.3. The van der Waals surface area contributed by atoms with Crippen LogP contribution in [0.15, 0.2) is 90.7 Å². The Balaban J connectivity index is 0.865. The molecule has 1 atom stereocenters. The first-order valence-electron chi connectivity index (χ1n) is 18.8. The van der Waals surface area contributed by atoms with Crippen LogP contribution < -0.4 is 35.6 Å². The summed E-state index contributed by atoms with van der Waals surface area (Å²) in [5, 5.41) is 10.7. The number of nitrogens with one attached hydrogen (secondary N) is 2. The van der Waals surface area contributed by atoms with Crippen molar-refractivity contribution in [1.29, 1.82) is 0 Å². The number of carbonyl (C=O) groups is 3. The van der Waals surface area contributed by atoms with Crippen LogP contribution in [0, 0.1) is 11.8 Å². The SMILES string of the molecule is CC1C=CC=C(Oc2ccc(-c3nn4c(c3C(N)=O)Nc3cc(OCCC5CCN(c6ccc(N7CCC(=O)NC7=O)cc6)CC5)ccc3CC4)cc2)C1. The number of aromatic nitrogens is 2. The van der Waals surface area contributed by atoms with E-state index in [4.69, 9.17) is 20.3 Å². The van der Waals surface area contributed by atoms with Gasteiger partial charge in [0.25, 0.3) is 5.91 Å². The first-order chi connectivity index (χ1) is 26.3. The highest BCUT2D eigenvalue weighted by Gasteiger charge is 2.27. The fraction of sp³-hybridized carbons (Fsp3) is 0.333. The number of nitrogens with two attached hydrogens (primary N) is 1. The molecule has 278 valence electrons. The van der Waals surface area contributed by atoms with Gasteiger partial charge in [-0.25, -0.2) is 9.48 Å². The molecule has 4 heterocycles. The van der Waals surface area contributed by atoms with Gasteiger partial charge in [-0.05, 0) is 104 Å². The lowest BCUT2D eigenvalue weighted by molar-refractivity contribution is -0.120. The Bertz CT molecular complexity index is 2110. The summed E-state index contributed by atoms with van der Waals surface area (Å²) in [5.41, 5.74) is 11.6. The number of fused-ring (bicyclic) bond motifs is 2. The summed E-state index contributed by atoms with van der Waals surface area (Å²) >= 11 is 0. The van der Waals surface area contributed by atoms with Gasteiger partial charge in [-0.2, -0.15) is 5.10 Å². The Morgan fingerprint density at radius 1 is 0.907 bits per heavy atom. The largest absolute Gasteiger partial charge is 0.494 e. The monoisotopic (exact) mass is 727 g/mol. The molecule has 4 aromatic rings. The van der Waals surface area contributed by atoms with E-state index in [1.807, 2.05) is 65.4 Å². The first-order valence-corrected chi connectivity index (χ1v) is 18.8. The number of benzene rings is 3. The molecule has 0 bridgehead atoms. The van der Waals surface area contributed by atoms with Crippen LogP contribution in [0.2, 0.25) is 0 Å². The average molecular weight is 728 g/mol. The third kappa shape index (κ3) is 7.55. The molecule has 1 aliphatic carbocycles. The molecule has 12 heteroatoms. The highest BCUT2D eigenvalue weighted by Crippen LogP contribution is 2.37. The number of primary amides is 1. The molecule has 3 aromatic carbocycles. The third-order valence-corrected chi connectivity index (χ3v) is 10.7. The van der Waals surface area contributed by atoms with Crippen LogP contribution >= 0.6 is 0 Å². The molecular weight excluding hydrogens is 683 g/mol. The van der Waals surface area contributed by atoms with Crippen LogP contribution in [0.25, 0.3) is 11.3 Å². The van der Waals surface area contributed by atoms with Crippen molar-refractivity contribution in [2.75, 3.05) is 41.4 Å². The molecule has 0 saturated carbocycles. The normalized spacial score (nSPS) is 18.5. The van der Waals surface area contributed by atoms with Crippen molar-refractivity contribution in [2.24, 2.45) is 17.6 Å². The molecule has 8 rings (SSSR count). The summed E-state index contributed by atoms with van der Waals surface area (Å²) in [6.07, 6.45) is 11.2. The topological polar surface area (TPSA) is 144 Å². The van der Waals surface area contributed by atoms with Gasteiger partial charge in [0.2, 0.25) is 5.91 Å². The van der Waals surface area contributed by atoms with E-state index < -0.39 is 5.91 Å². The fourth-order valence-corrected chi connectivity index (χ4v) is 7.71. The van der Waals surface area contributed by atoms with Crippen LogP contribution in [-0.4, -0.2) is 53.9 Å². The van der Waals surface area contributed by atoms with Gasteiger partial charge in [0.1, 0.15) is 34.3 Å². The van der Waals surface area contributed by atoms with Crippen molar-refractivity contribution in [2.45, 2.75) is 52.0 Å². The quantitative estimate of drug-likeness (QED) is 0.160. The zero-order valence-corrected chi connectivity index (χ0v) is 30.4. The number of urea groups is 1. The van der Waals surface area contributed by atoms with Crippen molar-refractivity contribution in [1.82, 2.24) is 15.1 Å². The molecule has 2 fully saturated rings. The van der Waals surface area contributed by atoms with Crippen molar-refractivity contribution >= 4 is 40.7 Å². The maximum absolute atomic E-state index is 12.9. The van der Waals surface area contributed by atoms with Crippen molar-refractivity contribution < 1.29 is 23.9 Å². The summed E-state index contributed by atoms with van der Waals surface area (Å²) in [5.74, 6) is 3.22. The number of rotatable bonds is 10. The average Bonchev–Trinajstić information content (AvgIpc) is 3.43. The maximum atomic E-state index is 12.9. The van der Waals surface area contributed by atoms with Crippen LogP contribution in [0.3, 0.4) is 0 Å². The lowest BCUT2D eigenvalue weighted by atomic mass is 9.93. The van der Waals surface area contributed by atoms with Gasteiger partial charge in [-0.1, -0.05) is 25.1 Å². The Kier molecular flexibility index (Phi) is 9.81. The minimum Gasteiger partial charge on any atom is -0.494 e. The number of hydrogen-bond acceptors (Lipinski definition) is 8. The summed E-state index contributed by atoms with van der Waals surface area (Å²) in [4.78, 5) is 40.6. The molecule has 4 amide bonds. The van der Waals surface area contributed by atoms with Gasteiger partial charge < -0.3 is 25.4 Å². The van der Waals surface area contributed by atoms with Crippen molar-refractivity contribution in [3.05, 3.63) is 102 Å².